The number of fused-ring (bicyclic) bond motifs is 7. The van der Waals surface area contributed by atoms with Gasteiger partial charge in [0.1, 0.15) is 18.8 Å². The number of carbonyl (C=O) groups is 4. The lowest BCUT2D eigenvalue weighted by Gasteiger charge is -2.73. The summed E-state index contributed by atoms with van der Waals surface area (Å²) in [6.07, 6.45) is 6.07. The zero-order valence-corrected chi connectivity index (χ0v) is 28.1. The molecule has 8 nitrogen and oxygen atoms in total. The van der Waals surface area contributed by atoms with Crippen molar-refractivity contribution in [1.82, 2.24) is 0 Å². The summed E-state index contributed by atoms with van der Waals surface area (Å²) in [7, 11) is 0. The van der Waals surface area contributed by atoms with E-state index in [0.717, 1.165) is 50.5 Å². The summed E-state index contributed by atoms with van der Waals surface area (Å²) in [5.41, 5.74) is -0.766. The van der Waals surface area contributed by atoms with Crippen molar-refractivity contribution in [2.45, 2.75) is 125 Å². The highest BCUT2D eigenvalue weighted by Gasteiger charge is 2.73. The fourth-order valence-corrected chi connectivity index (χ4v) is 12.6. The minimum Gasteiger partial charge on any atom is -0.481 e. The smallest absolute Gasteiger partial charge is 0.309 e. The number of hydrogen-bond acceptors (Lipinski definition) is 7. The van der Waals surface area contributed by atoms with Crippen molar-refractivity contribution < 1.29 is 38.5 Å². The molecule has 0 radical (unpaired) electrons. The highest BCUT2D eigenvalue weighted by Crippen LogP contribution is 2.77. The third kappa shape index (κ3) is 4.58. The Labute approximate surface area is 263 Å². The Balaban J connectivity index is 1.59. The molecule has 0 aliphatic heterocycles. The molecule has 5 aliphatic rings. The van der Waals surface area contributed by atoms with Crippen molar-refractivity contribution in [2.75, 3.05) is 6.61 Å². The SMILES string of the molecule is C=C(C)[C@@H]1CC[C@]2(C(=O)O)CC[C@]3(C)[C@H](CC[C@@H]4[C@@]5(C)C[C@H](OC(C)=O)[C@H](OC(C)=O)[C@@](C)(COC(C)=O)[C@@H]5CC[C@]43C)[C@@H]12. The zero-order valence-electron chi connectivity index (χ0n) is 28.1. The summed E-state index contributed by atoms with van der Waals surface area (Å²) < 4.78 is 17.6. The highest BCUT2D eigenvalue weighted by atomic mass is 16.6. The Morgan fingerprint density at radius 2 is 1.43 bits per heavy atom. The molecule has 0 spiro atoms. The van der Waals surface area contributed by atoms with E-state index in [2.05, 4.69) is 34.3 Å². The number of hydrogen-bond donors (Lipinski definition) is 1. The van der Waals surface area contributed by atoms with E-state index in [-0.39, 0.29) is 52.4 Å². The lowest BCUT2D eigenvalue weighted by molar-refractivity contribution is -0.276. The lowest BCUT2D eigenvalue weighted by atomic mass is 9.32. The predicted molar refractivity (Wildman–Crippen MR) is 164 cm³/mol. The van der Waals surface area contributed by atoms with E-state index in [1.165, 1.54) is 20.8 Å². The van der Waals surface area contributed by atoms with Gasteiger partial charge in [-0.15, -0.1) is 0 Å². The van der Waals surface area contributed by atoms with Crippen LogP contribution in [0.4, 0.5) is 0 Å². The third-order valence-corrected chi connectivity index (χ3v) is 14.4. The van der Waals surface area contributed by atoms with Gasteiger partial charge in [0.25, 0.3) is 0 Å². The van der Waals surface area contributed by atoms with E-state index in [9.17, 15) is 24.3 Å². The molecule has 0 aromatic heterocycles. The summed E-state index contributed by atoms with van der Waals surface area (Å²) in [5, 5.41) is 10.7. The number of carboxylic acid groups (broad SMARTS) is 1. The van der Waals surface area contributed by atoms with E-state index in [0.29, 0.717) is 12.8 Å². The Hall–Kier alpha value is -2.38. The van der Waals surface area contributed by atoms with Crippen LogP contribution in [0.3, 0.4) is 0 Å². The van der Waals surface area contributed by atoms with Gasteiger partial charge in [-0.3, -0.25) is 19.2 Å². The molecule has 0 saturated heterocycles. The van der Waals surface area contributed by atoms with Gasteiger partial charge in [-0.25, -0.2) is 0 Å². The Morgan fingerprint density at radius 1 is 0.773 bits per heavy atom. The minimum absolute atomic E-state index is 0.0556. The topological polar surface area (TPSA) is 116 Å². The van der Waals surface area contributed by atoms with E-state index < -0.39 is 46.9 Å². The van der Waals surface area contributed by atoms with Crippen LogP contribution in [-0.4, -0.2) is 47.8 Å². The van der Waals surface area contributed by atoms with Crippen LogP contribution in [-0.2, 0) is 33.4 Å². The molecule has 44 heavy (non-hydrogen) atoms. The first-order valence-corrected chi connectivity index (χ1v) is 16.7. The molecule has 5 aliphatic carbocycles. The summed E-state index contributed by atoms with van der Waals surface area (Å²) in [4.78, 5) is 49.9. The van der Waals surface area contributed by atoms with Gasteiger partial charge in [0.15, 0.2) is 0 Å². The standard InChI is InChI=1S/C36H54O8/c1-20(2)24-12-15-36(31(40)41)17-16-34(8)25(29(24)36)10-11-28-32(6)18-26(43-22(4)38)30(44-23(5)39)33(7,19-42-21(3)37)27(32)13-14-35(28,34)9/h24-30H,1,10-19H2,2-9H3,(H,40,41)/t24-,25+,26-,27+,28+,29+,30-,32-,33-,34+,35+,36-/m0/s1. The molecule has 5 rings (SSSR count). The second kappa shape index (κ2) is 10.9. The molecule has 0 unspecified atom stereocenters. The average molecular weight is 615 g/mol. The number of aliphatic carboxylic acids is 1. The summed E-state index contributed by atoms with van der Waals surface area (Å²) >= 11 is 0. The lowest BCUT2D eigenvalue weighted by Crippen LogP contribution is -2.70. The normalized spacial score (nSPS) is 47.6. The van der Waals surface area contributed by atoms with Crippen LogP contribution in [0, 0.1) is 56.7 Å². The molecular formula is C36H54O8. The fourth-order valence-electron chi connectivity index (χ4n) is 12.6. The number of ether oxygens (including phenoxy) is 3. The second-order valence-corrected chi connectivity index (χ2v) is 16.3. The van der Waals surface area contributed by atoms with Crippen molar-refractivity contribution in [3.63, 3.8) is 0 Å². The van der Waals surface area contributed by atoms with E-state index in [1.54, 1.807) is 0 Å². The number of rotatable bonds is 6. The van der Waals surface area contributed by atoms with Crippen molar-refractivity contribution in [2.24, 2.45) is 56.7 Å². The summed E-state index contributed by atoms with van der Waals surface area (Å²) in [6.45, 7) is 19.9. The van der Waals surface area contributed by atoms with Crippen molar-refractivity contribution >= 4 is 23.9 Å². The quantitative estimate of drug-likeness (QED) is 0.199. The van der Waals surface area contributed by atoms with E-state index >= 15 is 0 Å². The average Bonchev–Trinajstić information content (AvgIpc) is 3.31. The monoisotopic (exact) mass is 614 g/mol. The molecule has 5 saturated carbocycles. The minimum atomic E-state index is -0.759. The van der Waals surface area contributed by atoms with Crippen LogP contribution >= 0.6 is 0 Å². The number of carboxylic acids is 1. The Morgan fingerprint density at radius 3 is 2.00 bits per heavy atom. The van der Waals surface area contributed by atoms with Crippen LogP contribution in [0.25, 0.3) is 0 Å². The van der Waals surface area contributed by atoms with Crippen molar-refractivity contribution in [3.05, 3.63) is 12.2 Å². The molecule has 0 heterocycles. The fraction of sp³-hybridized carbons (Fsp3) is 0.833. The van der Waals surface area contributed by atoms with E-state index in [1.807, 2.05) is 6.92 Å². The first-order valence-electron chi connectivity index (χ1n) is 16.7. The maximum Gasteiger partial charge on any atom is 0.309 e. The highest BCUT2D eigenvalue weighted by molar-refractivity contribution is 5.76. The van der Waals surface area contributed by atoms with Gasteiger partial charge in [-0.2, -0.15) is 0 Å². The van der Waals surface area contributed by atoms with Gasteiger partial charge >= 0.3 is 23.9 Å². The summed E-state index contributed by atoms with van der Waals surface area (Å²) in [6, 6.07) is 0. The number of carbonyl (C=O) groups excluding carboxylic acids is 3. The largest absolute Gasteiger partial charge is 0.481 e. The molecule has 0 amide bonds. The zero-order chi connectivity index (χ0) is 32.6. The molecule has 0 aromatic carbocycles. The maximum absolute atomic E-state index is 13.0. The van der Waals surface area contributed by atoms with Crippen LogP contribution in [0.15, 0.2) is 12.2 Å². The first kappa shape index (κ1) is 33.0. The molecule has 0 bridgehead atoms. The van der Waals surface area contributed by atoms with Crippen LogP contribution in [0.5, 0.6) is 0 Å². The molecule has 0 aromatic rings. The second-order valence-electron chi connectivity index (χ2n) is 16.3. The summed E-state index contributed by atoms with van der Waals surface area (Å²) in [5.74, 6) is -0.994. The van der Waals surface area contributed by atoms with Gasteiger partial charge in [0.05, 0.1) is 5.41 Å². The van der Waals surface area contributed by atoms with Gasteiger partial charge in [-0.05, 0) is 111 Å². The molecule has 246 valence electrons. The van der Waals surface area contributed by atoms with Gasteiger partial charge in [0, 0.05) is 26.2 Å². The number of allylic oxidation sites excluding steroid dienone is 1. The van der Waals surface area contributed by atoms with Gasteiger partial charge in [0.2, 0.25) is 0 Å². The van der Waals surface area contributed by atoms with Crippen LogP contribution in [0.2, 0.25) is 0 Å². The first-order chi connectivity index (χ1) is 20.4. The molecule has 12 atom stereocenters. The van der Waals surface area contributed by atoms with E-state index in [4.69, 9.17) is 14.2 Å². The molecule has 1 N–H and O–H groups in total. The van der Waals surface area contributed by atoms with Crippen molar-refractivity contribution in [3.8, 4) is 0 Å². The third-order valence-electron chi connectivity index (χ3n) is 14.4. The molecule has 8 heteroatoms. The van der Waals surface area contributed by atoms with Crippen LogP contribution < -0.4 is 0 Å². The number of esters is 3. The van der Waals surface area contributed by atoms with Gasteiger partial charge in [-0.1, -0.05) is 39.8 Å². The van der Waals surface area contributed by atoms with Gasteiger partial charge < -0.3 is 19.3 Å². The molecule has 5 fully saturated rings. The Bertz CT molecular complexity index is 1240. The van der Waals surface area contributed by atoms with Crippen molar-refractivity contribution in [1.29, 1.82) is 0 Å². The van der Waals surface area contributed by atoms with Crippen LogP contribution in [0.1, 0.15) is 113 Å². The predicted octanol–water partition coefficient (Wildman–Crippen LogP) is 6.75. The maximum atomic E-state index is 13.0. The Kier molecular flexibility index (Phi) is 8.15. The molecular weight excluding hydrogens is 560 g/mol.